The summed E-state index contributed by atoms with van der Waals surface area (Å²) in [7, 11) is 1.33. The van der Waals surface area contributed by atoms with Gasteiger partial charge in [-0.1, -0.05) is 20.8 Å². The summed E-state index contributed by atoms with van der Waals surface area (Å²) in [4.78, 5) is 26.5. The normalized spacial score (nSPS) is 54.0. The Hall–Kier alpha value is -2.02. The molecule has 3 aliphatic carbocycles. The molecule has 4 bridgehead atoms. The van der Waals surface area contributed by atoms with Crippen LogP contribution in [0.3, 0.4) is 0 Å². The minimum atomic E-state index is -1.91. The van der Waals surface area contributed by atoms with Gasteiger partial charge in [-0.2, -0.15) is 0 Å². The summed E-state index contributed by atoms with van der Waals surface area (Å²) in [5.74, 6) is -3.82. The molecule has 11 nitrogen and oxygen atoms in total. The number of ether oxygens (including phenoxy) is 5. The van der Waals surface area contributed by atoms with Crippen molar-refractivity contribution in [1.29, 1.82) is 0 Å². The minimum Gasteiger partial charge on any atom is -0.472 e. The SMILES string of the molecule is COC(=O)CC1C2(C)CCC(O)(C2O)C2OC(=O)CC3C(C)(C(O)c4ccoc4)CCC45OC(C)(OCC14C)OC325. The smallest absolute Gasteiger partial charge is 0.306 e. The van der Waals surface area contributed by atoms with E-state index in [1.54, 1.807) is 13.0 Å². The van der Waals surface area contributed by atoms with Crippen molar-refractivity contribution in [1.82, 2.24) is 0 Å². The maximum Gasteiger partial charge on any atom is 0.306 e. The molecule has 12 atom stereocenters. The van der Waals surface area contributed by atoms with Gasteiger partial charge in [-0.15, -0.1) is 0 Å². The molecule has 1 aromatic rings. The molecule has 6 aliphatic rings. The molecule has 0 aromatic carbocycles. The summed E-state index contributed by atoms with van der Waals surface area (Å²) < 4.78 is 36.8. The van der Waals surface area contributed by atoms with Gasteiger partial charge in [-0.25, -0.2) is 0 Å². The molecule has 7 rings (SSSR count). The molecule has 0 amide bonds. The molecule has 12 unspecified atom stereocenters. The number of esters is 2. The second-order valence-corrected chi connectivity index (χ2v) is 14.2. The van der Waals surface area contributed by atoms with E-state index in [1.165, 1.54) is 19.6 Å². The lowest BCUT2D eigenvalue weighted by Gasteiger charge is -2.70. The fraction of sp³-hybridized carbons (Fsp3) is 0.800. The number of aliphatic hydroxyl groups is 3. The predicted molar refractivity (Wildman–Crippen MR) is 138 cm³/mol. The van der Waals surface area contributed by atoms with Gasteiger partial charge in [0.05, 0.1) is 44.9 Å². The first kappa shape index (κ1) is 27.8. The van der Waals surface area contributed by atoms with Crippen molar-refractivity contribution in [2.24, 2.45) is 28.1 Å². The summed E-state index contributed by atoms with van der Waals surface area (Å²) in [6, 6.07) is 1.69. The fourth-order valence-corrected chi connectivity index (χ4v) is 10.5. The van der Waals surface area contributed by atoms with Gasteiger partial charge < -0.3 is 43.4 Å². The summed E-state index contributed by atoms with van der Waals surface area (Å²) in [6.07, 6.45) is 0.362. The van der Waals surface area contributed by atoms with Crippen LogP contribution in [0, 0.1) is 28.1 Å². The first-order valence-electron chi connectivity index (χ1n) is 14.6. The van der Waals surface area contributed by atoms with E-state index in [0.717, 1.165) is 0 Å². The van der Waals surface area contributed by atoms with Gasteiger partial charge in [0.15, 0.2) is 6.10 Å². The number of carbonyl (C=O) groups is 2. The zero-order chi connectivity index (χ0) is 29.4. The Morgan fingerprint density at radius 1 is 1.15 bits per heavy atom. The number of fused-ring (bicyclic) bond motifs is 4. The molecule has 41 heavy (non-hydrogen) atoms. The lowest BCUT2D eigenvalue weighted by molar-refractivity contribution is -0.395. The summed E-state index contributed by atoms with van der Waals surface area (Å²) >= 11 is 0. The second-order valence-electron chi connectivity index (χ2n) is 14.2. The van der Waals surface area contributed by atoms with E-state index in [0.29, 0.717) is 24.8 Å². The lowest BCUT2D eigenvalue weighted by Crippen LogP contribution is -2.83. The molecule has 226 valence electrons. The van der Waals surface area contributed by atoms with E-state index in [1.807, 2.05) is 20.8 Å². The average Bonchev–Trinajstić information content (AvgIpc) is 3.61. The zero-order valence-electron chi connectivity index (χ0n) is 24.2. The maximum atomic E-state index is 13.5. The van der Waals surface area contributed by atoms with Crippen molar-refractivity contribution in [2.75, 3.05) is 13.7 Å². The monoisotopic (exact) mass is 576 g/mol. The molecule has 6 fully saturated rings. The number of aliphatic hydroxyl groups excluding tert-OH is 2. The number of carbonyl (C=O) groups excluding carboxylic acids is 2. The van der Waals surface area contributed by atoms with Crippen molar-refractivity contribution < 1.29 is 53.0 Å². The van der Waals surface area contributed by atoms with Crippen LogP contribution in [0.5, 0.6) is 0 Å². The first-order chi connectivity index (χ1) is 19.2. The molecule has 0 radical (unpaired) electrons. The molecular formula is C30H40O11. The molecule has 3 saturated carbocycles. The molecule has 4 heterocycles. The van der Waals surface area contributed by atoms with Crippen LogP contribution < -0.4 is 0 Å². The highest BCUT2D eigenvalue weighted by molar-refractivity contribution is 5.73. The molecule has 11 heteroatoms. The van der Waals surface area contributed by atoms with Crippen LogP contribution in [0.25, 0.3) is 0 Å². The van der Waals surface area contributed by atoms with E-state index in [-0.39, 0.29) is 25.9 Å². The third-order valence-electron chi connectivity index (χ3n) is 12.5. The van der Waals surface area contributed by atoms with Crippen LogP contribution in [0.1, 0.15) is 77.9 Å². The van der Waals surface area contributed by atoms with Crippen LogP contribution in [-0.2, 0) is 33.3 Å². The van der Waals surface area contributed by atoms with Crippen LogP contribution >= 0.6 is 0 Å². The lowest BCUT2D eigenvalue weighted by atomic mass is 9.39. The van der Waals surface area contributed by atoms with Crippen LogP contribution in [-0.4, -0.2) is 76.0 Å². The van der Waals surface area contributed by atoms with Crippen LogP contribution in [0.2, 0.25) is 0 Å². The number of furan rings is 1. The molecule has 3 aliphatic heterocycles. The van der Waals surface area contributed by atoms with E-state index in [2.05, 4.69) is 0 Å². The van der Waals surface area contributed by atoms with E-state index >= 15 is 0 Å². The van der Waals surface area contributed by atoms with Crippen LogP contribution in [0.4, 0.5) is 0 Å². The van der Waals surface area contributed by atoms with Crippen molar-refractivity contribution in [2.45, 2.75) is 107 Å². The maximum absolute atomic E-state index is 13.5. The van der Waals surface area contributed by atoms with E-state index in [4.69, 9.17) is 28.1 Å². The Bertz CT molecular complexity index is 1280. The zero-order valence-corrected chi connectivity index (χ0v) is 24.2. The van der Waals surface area contributed by atoms with Gasteiger partial charge in [-0.3, -0.25) is 9.59 Å². The molecule has 1 aromatic heterocycles. The van der Waals surface area contributed by atoms with Gasteiger partial charge in [0.25, 0.3) is 5.97 Å². The fourth-order valence-electron chi connectivity index (χ4n) is 10.5. The molecule has 3 N–H and O–H groups in total. The molecular weight excluding hydrogens is 536 g/mol. The van der Waals surface area contributed by atoms with Gasteiger partial charge in [0.1, 0.15) is 16.8 Å². The standard InChI is InChI=1S/C30H40O11/c1-24(21(33)16-6-11-37-14-16)8-10-29-26(3)15-38-27(4,40-29)41-30(29)18(24)13-20(32)39-23(30)28(35)9-7-25(2,22(28)34)17(26)12-19(31)36-5/h6,11,14,17-18,21-23,33-35H,7-10,12-13,15H2,1-5H3. The summed E-state index contributed by atoms with van der Waals surface area (Å²) in [5, 5.41) is 36.5. The second kappa shape index (κ2) is 8.12. The first-order valence-corrected chi connectivity index (χ1v) is 14.6. The highest BCUT2D eigenvalue weighted by Crippen LogP contribution is 2.77. The van der Waals surface area contributed by atoms with Gasteiger partial charge in [0.2, 0.25) is 0 Å². The third kappa shape index (κ3) is 3.00. The Labute approximate surface area is 238 Å². The quantitative estimate of drug-likeness (QED) is 0.453. The number of hydrogen-bond donors (Lipinski definition) is 3. The topological polar surface area (TPSA) is 154 Å². The van der Waals surface area contributed by atoms with Crippen molar-refractivity contribution >= 4 is 11.9 Å². The van der Waals surface area contributed by atoms with E-state index in [9.17, 15) is 24.9 Å². The molecule has 2 spiro atoms. The average molecular weight is 577 g/mol. The Kier molecular flexibility index (Phi) is 5.50. The summed E-state index contributed by atoms with van der Waals surface area (Å²) in [6.45, 7) is 7.60. The van der Waals surface area contributed by atoms with Crippen molar-refractivity contribution in [3.8, 4) is 0 Å². The van der Waals surface area contributed by atoms with Gasteiger partial charge in [0, 0.05) is 41.1 Å². The molecule has 3 saturated heterocycles. The Morgan fingerprint density at radius 2 is 1.90 bits per heavy atom. The highest BCUT2D eigenvalue weighted by Gasteiger charge is 2.89. The number of hydrogen-bond acceptors (Lipinski definition) is 11. The van der Waals surface area contributed by atoms with Crippen LogP contribution in [0.15, 0.2) is 23.0 Å². The third-order valence-corrected chi connectivity index (χ3v) is 12.5. The minimum absolute atomic E-state index is 0.0397. The Balaban J connectivity index is 1.53. The van der Waals surface area contributed by atoms with Gasteiger partial charge >= 0.3 is 11.9 Å². The predicted octanol–water partition coefficient (Wildman–Crippen LogP) is 2.36. The van der Waals surface area contributed by atoms with Gasteiger partial charge in [-0.05, 0) is 37.7 Å². The largest absolute Gasteiger partial charge is 0.472 e. The number of methoxy groups -OCH3 is 1. The van der Waals surface area contributed by atoms with Crippen molar-refractivity contribution in [3.05, 3.63) is 24.2 Å². The summed E-state index contributed by atoms with van der Waals surface area (Å²) in [5.41, 5.74) is -6.99. The number of rotatable bonds is 4. The Morgan fingerprint density at radius 3 is 2.59 bits per heavy atom. The highest BCUT2D eigenvalue weighted by atomic mass is 16.9. The van der Waals surface area contributed by atoms with E-state index < -0.39 is 81.1 Å². The van der Waals surface area contributed by atoms with Crippen molar-refractivity contribution in [3.63, 3.8) is 0 Å².